The van der Waals surface area contributed by atoms with Crippen LogP contribution in [0.25, 0.3) is 0 Å². The Bertz CT molecular complexity index is 263. The molecule has 0 spiro atoms. The second-order valence-corrected chi connectivity index (χ2v) is 2.96. The third-order valence-corrected chi connectivity index (χ3v) is 1.81. The van der Waals surface area contributed by atoms with Crippen molar-refractivity contribution in [3.63, 3.8) is 0 Å². The number of rotatable bonds is 1. The number of halogens is 2. The summed E-state index contributed by atoms with van der Waals surface area (Å²) in [5, 5.41) is 0.426. The fourth-order valence-corrected chi connectivity index (χ4v) is 1.23. The summed E-state index contributed by atoms with van der Waals surface area (Å²) >= 11 is 5.63. The molecule has 1 atom stereocenters. The van der Waals surface area contributed by atoms with Gasteiger partial charge in [-0.15, -0.1) is 0 Å². The summed E-state index contributed by atoms with van der Waals surface area (Å²) in [7, 11) is 0. The van der Waals surface area contributed by atoms with Crippen LogP contribution >= 0.6 is 11.6 Å². The van der Waals surface area contributed by atoms with Crippen LogP contribution in [0.5, 0.6) is 0 Å². The number of hydrogen-bond acceptors (Lipinski definition) is 1. The van der Waals surface area contributed by atoms with Crippen molar-refractivity contribution >= 4 is 11.6 Å². The van der Waals surface area contributed by atoms with Crippen LogP contribution in [0, 0.1) is 5.82 Å². The zero-order valence-electron chi connectivity index (χ0n) is 5.68. The van der Waals surface area contributed by atoms with Crippen LogP contribution in [0.1, 0.15) is 11.7 Å². The van der Waals surface area contributed by atoms with Crippen LogP contribution in [0.2, 0.25) is 5.02 Å². The highest BCUT2D eigenvalue weighted by Crippen LogP contribution is 2.31. The first kappa shape index (κ1) is 7.07. The molecule has 0 radical (unpaired) electrons. The van der Waals surface area contributed by atoms with Gasteiger partial charge in [0.15, 0.2) is 0 Å². The topological polar surface area (TPSA) is 12.5 Å². The standard InChI is InChI=1S/C8H6ClFO/c9-6-1-5(8-4-11-8)2-7(10)3-6/h1-3,8H,4H2/t8-/m1/s1. The van der Waals surface area contributed by atoms with Crippen LogP contribution in [0.3, 0.4) is 0 Å². The van der Waals surface area contributed by atoms with Crippen LogP contribution in [-0.4, -0.2) is 6.61 Å². The predicted molar refractivity (Wildman–Crippen MR) is 40.1 cm³/mol. The van der Waals surface area contributed by atoms with Crippen molar-refractivity contribution in [2.75, 3.05) is 6.61 Å². The fraction of sp³-hybridized carbons (Fsp3) is 0.250. The largest absolute Gasteiger partial charge is 0.368 e. The lowest BCUT2D eigenvalue weighted by Gasteiger charge is -1.96. The maximum atomic E-state index is 12.7. The van der Waals surface area contributed by atoms with Crippen LogP contribution < -0.4 is 0 Å². The predicted octanol–water partition coefficient (Wildman–Crippen LogP) is 2.55. The van der Waals surface area contributed by atoms with E-state index in [2.05, 4.69) is 0 Å². The molecule has 2 rings (SSSR count). The van der Waals surface area contributed by atoms with Gasteiger partial charge in [-0.25, -0.2) is 4.39 Å². The molecule has 1 aliphatic rings. The van der Waals surface area contributed by atoms with Crippen molar-refractivity contribution in [3.05, 3.63) is 34.6 Å². The molecular formula is C8H6ClFO. The molecule has 1 aromatic carbocycles. The monoisotopic (exact) mass is 172 g/mol. The van der Waals surface area contributed by atoms with Crippen molar-refractivity contribution in [2.45, 2.75) is 6.10 Å². The van der Waals surface area contributed by atoms with Crippen LogP contribution in [-0.2, 0) is 4.74 Å². The number of epoxide rings is 1. The van der Waals surface area contributed by atoms with Crippen molar-refractivity contribution in [2.24, 2.45) is 0 Å². The first-order valence-corrected chi connectivity index (χ1v) is 3.71. The molecule has 58 valence electrons. The van der Waals surface area contributed by atoms with Gasteiger partial charge in [0, 0.05) is 5.02 Å². The minimum Gasteiger partial charge on any atom is -0.368 e. The van der Waals surface area contributed by atoms with Gasteiger partial charge in [0.25, 0.3) is 0 Å². The number of hydrogen-bond donors (Lipinski definition) is 0. The summed E-state index contributed by atoms with van der Waals surface area (Å²) in [4.78, 5) is 0. The normalized spacial score (nSPS) is 21.8. The van der Waals surface area contributed by atoms with Gasteiger partial charge in [0.05, 0.1) is 6.61 Å². The highest BCUT2D eigenvalue weighted by Gasteiger charge is 2.25. The molecule has 0 saturated carbocycles. The minimum absolute atomic E-state index is 0.0724. The Kier molecular flexibility index (Phi) is 1.59. The molecule has 0 N–H and O–H groups in total. The smallest absolute Gasteiger partial charge is 0.125 e. The third-order valence-electron chi connectivity index (χ3n) is 1.59. The van der Waals surface area contributed by atoms with Gasteiger partial charge in [-0.2, -0.15) is 0 Å². The number of benzene rings is 1. The van der Waals surface area contributed by atoms with Crippen molar-refractivity contribution < 1.29 is 9.13 Å². The summed E-state index contributed by atoms with van der Waals surface area (Å²) < 4.78 is 17.7. The second kappa shape index (κ2) is 2.47. The Hall–Kier alpha value is -0.600. The Morgan fingerprint density at radius 2 is 2.18 bits per heavy atom. The van der Waals surface area contributed by atoms with Gasteiger partial charge in [0.2, 0.25) is 0 Å². The molecule has 0 unspecified atom stereocenters. The summed E-state index contributed by atoms with van der Waals surface area (Å²) in [6.07, 6.45) is 0.0724. The SMILES string of the molecule is Fc1cc(Cl)cc([C@H]2CO2)c1. The van der Waals surface area contributed by atoms with E-state index in [1.807, 2.05) is 0 Å². The molecule has 1 nitrogen and oxygen atoms in total. The summed E-state index contributed by atoms with van der Waals surface area (Å²) in [5.41, 5.74) is 0.829. The van der Waals surface area contributed by atoms with E-state index in [4.69, 9.17) is 16.3 Å². The number of ether oxygens (including phenoxy) is 1. The zero-order valence-corrected chi connectivity index (χ0v) is 6.44. The first-order chi connectivity index (χ1) is 5.25. The van der Waals surface area contributed by atoms with Crippen LogP contribution in [0.15, 0.2) is 18.2 Å². The molecule has 0 aliphatic carbocycles. The molecule has 3 heteroatoms. The van der Waals surface area contributed by atoms with E-state index in [-0.39, 0.29) is 11.9 Å². The molecule has 1 aliphatic heterocycles. The van der Waals surface area contributed by atoms with Gasteiger partial charge >= 0.3 is 0 Å². The van der Waals surface area contributed by atoms with Crippen molar-refractivity contribution in [3.8, 4) is 0 Å². The molecule has 1 saturated heterocycles. The molecule has 0 aromatic heterocycles. The van der Waals surface area contributed by atoms with Gasteiger partial charge in [-0.3, -0.25) is 0 Å². The molecule has 1 aromatic rings. The average Bonchev–Trinajstić information content (AvgIpc) is 2.64. The second-order valence-electron chi connectivity index (χ2n) is 2.52. The summed E-state index contributed by atoms with van der Waals surface area (Å²) in [5.74, 6) is -0.303. The zero-order chi connectivity index (χ0) is 7.84. The highest BCUT2D eigenvalue weighted by atomic mass is 35.5. The lowest BCUT2D eigenvalue weighted by Crippen LogP contribution is -1.82. The van der Waals surface area contributed by atoms with Crippen molar-refractivity contribution in [1.29, 1.82) is 0 Å². The van der Waals surface area contributed by atoms with E-state index < -0.39 is 0 Å². The van der Waals surface area contributed by atoms with Gasteiger partial charge < -0.3 is 4.74 Å². The van der Waals surface area contributed by atoms with Crippen LogP contribution in [0.4, 0.5) is 4.39 Å². The van der Waals surface area contributed by atoms with E-state index in [9.17, 15) is 4.39 Å². The Morgan fingerprint density at radius 1 is 1.45 bits per heavy atom. The van der Waals surface area contributed by atoms with Gasteiger partial charge in [-0.1, -0.05) is 11.6 Å². The van der Waals surface area contributed by atoms with E-state index in [1.54, 1.807) is 6.07 Å². The lowest BCUT2D eigenvalue weighted by atomic mass is 10.2. The highest BCUT2D eigenvalue weighted by molar-refractivity contribution is 6.30. The third kappa shape index (κ3) is 1.52. The first-order valence-electron chi connectivity index (χ1n) is 3.33. The van der Waals surface area contributed by atoms with E-state index in [0.29, 0.717) is 11.6 Å². The molecule has 0 amide bonds. The summed E-state index contributed by atoms with van der Waals surface area (Å²) in [6, 6.07) is 4.46. The van der Waals surface area contributed by atoms with Gasteiger partial charge in [-0.05, 0) is 23.8 Å². The summed E-state index contributed by atoms with van der Waals surface area (Å²) in [6.45, 7) is 0.680. The fourth-order valence-electron chi connectivity index (χ4n) is 1.00. The Labute approximate surface area is 68.7 Å². The molecular weight excluding hydrogens is 167 g/mol. The Balaban J connectivity index is 2.39. The molecule has 0 bridgehead atoms. The lowest BCUT2D eigenvalue weighted by molar-refractivity contribution is 0.415. The van der Waals surface area contributed by atoms with E-state index >= 15 is 0 Å². The Morgan fingerprint density at radius 3 is 2.73 bits per heavy atom. The molecule has 1 heterocycles. The van der Waals surface area contributed by atoms with E-state index in [1.165, 1.54) is 12.1 Å². The van der Waals surface area contributed by atoms with Gasteiger partial charge in [0.1, 0.15) is 11.9 Å². The van der Waals surface area contributed by atoms with Crippen molar-refractivity contribution in [1.82, 2.24) is 0 Å². The van der Waals surface area contributed by atoms with E-state index in [0.717, 1.165) is 5.56 Å². The minimum atomic E-state index is -0.303. The molecule has 11 heavy (non-hydrogen) atoms. The quantitative estimate of drug-likeness (QED) is 0.593. The average molecular weight is 173 g/mol. The maximum Gasteiger partial charge on any atom is 0.125 e. The molecule has 1 fully saturated rings. The maximum absolute atomic E-state index is 12.7.